The molecule has 2 aliphatic rings. The van der Waals surface area contributed by atoms with E-state index in [0.717, 1.165) is 32.7 Å². The molecule has 1 atom stereocenters. The van der Waals surface area contributed by atoms with Crippen LogP contribution in [0.4, 0.5) is 5.69 Å². The smallest absolute Gasteiger partial charge is 0.227 e. The number of para-hydroxylation sites is 1. The lowest BCUT2D eigenvalue weighted by molar-refractivity contribution is -0.126. The Kier molecular flexibility index (Phi) is 7.50. The summed E-state index contributed by atoms with van der Waals surface area (Å²) in [5.41, 5.74) is 0.681. The van der Waals surface area contributed by atoms with E-state index in [0.29, 0.717) is 23.8 Å². The number of hydrogen-bond donors (Lipinski definition) is 2. The maximum atomic E-state index is 12.3. The molecule has 2 heterocycles. The second kappa shape index (κ2) is 9.38. The highest BCUT2D eigenvalue weighted by atomic mass is 35.5. The van der Waals surface area contributed by atoms with Gasteiger partial charge in [0.1, 0.15) is 0 Å². The molecule has 0 radical (unpaired) electrons. The lowest BCUT2D eigenvalue weighted by atomic mass is 10.1. The first-order valence-electron chi connectivity index (χ1n) is 8.41. The van der Waals surface area contributed by atoms with E-state index >= 15 is 0 Å². The van der Waals surface area contributed by atoms with Crippen molar-refractivity contribution in [3.63, 3.8) is 0 Å². The number of nitrogens with one attached hydrogen (secondary N) is 2. The first-order valence-corrected chi connectivity index (χ1v) is 8.78. The summed E-state index contributed by atoms with van der Waals surface area (Å²) < 4.78 is 0. The second-order valence-corrected chi connectivity index (χ2v) is 6.65. The van der Waals surface area contributed by atoms with Crippen LogP contribution in [-0.4, -0.2) is 62.5 Å². The van der Waals surface area contributed by atoms with Gasteiger partial charge in [0, 0.05) is 52.2 Å². The van der Waals surface area contributed by atoms with Crippen molar-refractivity contribution in [2.75, 3.05) is 50.7 Å². The Bertz CT molecular complexity index is 608. The zero-order chi connectivity index (χ0) is 16.9. The van der Waals surface area contributed by atoms with Crippen LogP contribution in [-0.2, 0) is 9.59 Å². The fraction of sp³-hybridized carbons (Fsp3) is 0.529. The van der Waals surface area contributed by atoms with Gasteiger partial charge in [-0.3, -0.25) is 14.5 Å². The quantitative estimate of drug-likeness (QED) is 0.796. The number of anilines is 1. The molecule has 6 nitrogen and oxygen atoms in total. The van der Waals surface area contributed by atoms with Crippen molar-refractivity contribution in [2.24, 2.45) is 5.92 Å². The molecule has 1 unspecified atom stereocenters. The van der Waals surface area contributed by atoms with Gasteiger partial charge < -0.3 is 15.5 Å². The van der Waals surface area contributed by atoms with E-state index in [4.69, 9.17) is 11.6 Å². The molecule has 2 amide bonds. The highest BCUT2D eigenvalue weighted by Crippen LogP contribution is 2.30. The minimum Gasteiger partial charge on any atom is -0.355 e. The molecule has 8 heteroatoms. The van der Waals surface area contributed by atoms with E-state index in [2.05, 4.69) is 15.5 Å². The van der Waals surface area contributed by atoms with Gasteiger partial charge in [-0.15, -0.1) is 12.4 Å². The summed E-state index contributed by atoms with van der Waals surface area (Å²) in [6.07, 6.45) is 0.241. The number of rotatable bonds is 5. The molecule has 0 aromatic heterocycles. The van der Waals surface area contributed by atoms with Crippen LogP contribution >= 0.6 is 24.0 Å². The minimum atomic E-state index is -0.309. The van der Waals surface area contributed by atoms with Crippen molar-refractivity contribution in [3.05, 3.63) is 29.3 Å². The summed E-state index contributed by atoms with van der Waals surface area (Å²) in [5.74, 6) is -0.407. The number of nitrogens with zero attached hydrogens (tertiary/aromatic N) is 2. The highest BCUT2D eigenvalue weighted by Gasteiger charge is 2.35. The zero-order valence-electron chi connectivity index (χ0n) is 14.0. The fourth-order valence-electron chi connectivity index (χ4n) is 3.20. The van der Waals surface area contributed by atoms with E-state index in [1.165, 1.54) is 0 Å². The number of amides is 2. The average molecular weight is 387 g/mol. The Morgan fingerprint density at radius 2 is 2.00 bits per heavy atom. The van der Waals surface area contributed by atoms with Crippen molar-refractivity contribution in [2.45, 2.75) is 6.42 Å². The van der Waals surface area contributed by atoms with Crippen molar-refractivity contribution in [1.82, 2.24) is 15.5 Å². The Hall–Kier alpha value is -1.34. The second-order valence-electron chi connectivity index (χ2n) is 6.24. The van der Waals surface area contributed by atoms with Gasteiger partial charge in [0.2, 0.25) is 11.8 Å². The van der Waals surface area contributed by atoms with Crippen molar-refractivity contribution in [3.8, 4) is 0 Å². The van der Waals surface area contributed by atoms with Gasteiger partial charge in [0.05, 0.1) is 16.6 Å². The summed E-state index contributed by atoms with van der Waals surface area (Å²) in [4.78, 5) is 28.5. The van der Waals surface area contributed by atoms with Gasteiger partial charge in [-0.1, -0.05) is 23.7 Å². The summed E-state index contributed by atoms with van der Waals surface area (Å²) in [6.45, 7) is 5.88. The van der Waals surface area contributed by atoms with Crippen LogP contribution in [0.15, 0.2) is 24.3 Å². The van der Waals surface area contributed by atoms with Gasteiger partial charge in [0.15, 0.2) is 0 Å². The molecule has 1 aromatic carbocycles. The normalized spacial score (nSPS) is 21.1. The average Bonchev–Trinajstić information content (AvgIpc) is 2.98. The first kappa shape index (κ1) is 20.0. The summed E-state index contributed by atoms with van der Waals surface area (Å²) >= 11 is 6.16. The molecule has 2 N–H and O–H groups in total. The van der Waals surface area contributed by atoms with E-state index < -0.39 is 0 Å². The van der Waals surface area contributed by atoms with Crippen molar-refractivity contribution >= 4 is 41.5 Å². The third-order valence-corrected chi connectivity index (χ3v) is 4.90. The molecule has 2 saturated heterocycles. The predicted octanol–water partition coefficient (Wildman–Crippen LogP) is 1.14. The third kappa shape index (κ3) is 5.07. The van der Waals surface area contributed by atoms with Crippen LogP contribution in [0.2, 0.25) is 5.02 Å². The molecular formula is C17H24Cl2N4O2. The molecule has 3 rings (SSSR count). The van der Waals surface area contributed by atoms with Gasteiger partial charge in [-0.05, 0) is 12.1 Å². The molecule has 0 bridgehead atoms. The van der Waals surface area contributed by atoms with E-state index in [-0.39, 0.29) is 36.6 Å². The number of carbonyl (C=O) groups excluding carboxylic acids is 2. The Balaban J connectivity index is 0.00000225. The van der Waals surface area contributed by atoms with Crippen molar-refractivity contribution < 1.29 is 9.59 Å². The largest absolute Gasteiger partial charge is 0.355 e. The minimum absolute atomic E-state index is 0. The van der Waals surface area contributed by atoms with Crippen LogP contribution in [0.5, 0.6) is 0 Å². The van der Waals surface area contributed by atoms with Crippen LogP contribution in [0.3, 0.4) is 0 Å². The monoisotopic (exact) mass is 386 g/mol. The Morgan fingerprint density at radius 3 is 2.72 bits per heavy atom. The Morgan fingerprint density at radius 1 is 1.28 bits per heavy atom. The Labute approximate surface area is 159 Å². The molecule has 1 aromatic rings. The van der Waals surface area contributed by atoms with Crippen LogP contribution in [0.1, 0.15) is 6.42 Å². The van der Waals surface area contributed by atoms with Gasteiger partial charge in [-0.2, -0.15) is 0 Å². The van der Waals surface area contributed by atoms with Gasteiger partial charge >= 0.3 is 0 Å². The summed E-state index contributed by atoms with van der Waals surface area (Å²) in [7, 11) is 0. The molecule has 138 valence electrons. The highest BCUT2D eigenvalue weighted by molar-refractivity contribution is 6.33. The molecule has 0 spiro atoms. The standard InChI is InChI=1S/C17H23ClN4O2.ClH/c18-14-3-1-2-4-15(14)22-12-13(11-16(22)23)17(24)20-7-10-21-8-5-19-6-9-21;/h1-4,13,19H,5-12H2,(H,20,24);1H. The predicted molar refractivity (Wildman–Crippen MR) is 101 cm³/mol. The number of carbonyl (C=O) groups is 2. The first-order chi connectivity index (χ1) is 11.6. The number of piperazine rings is 1. The maximum Gasteiger partial charge on any atom is 0.227 e. The molecule has 25 heavy (non-hydrogen) atoms. The SMILES string of the molecule is Cl.O=C(NCCN1CCNCC1)C1CC(=O)N(c2ccccc2Cl)C1. The van der Waals surface area contributed by atoms with E-state index in [1.807, 2.05) is 18.2 Å². The zero-order valence-corrected chi connectivity index (χ0v) is 15.6. The van der Waals surface area contributed by atoms with Crippen LogP contribution in [0, 0.1) is 5.92 Å². The summed E-state index contributed by atoms with van der Waals surface area (Å²) in [6, 6.07) is 7.23. The maximum absolute atomic E-state index is 12.3. The number of hydrogen-bond acceptors (Lipinski definition) is 4. The van der Waals surface area contributed by atoms with Gasteiger partial charge in [0.25, 0.3) is 0 Å². The molecule has 2 fully saturated rings. The summed E-state index contributed by atoms with van der Waals surface area (Å²) in [5, 5.41) is 6.80. The van der Waals surface area contributed by atoms with E-state index in [9.17, 15) is 9.59 Å². The lowest BCUT2D eigenvalue weighted by Crippen LogP contribution is -2.46. The van der Waals surface area contributed by atoms with Gasteiger partial charge in [-0.25, -0.2) is 0 Å². The fourth-order valence-corrected chi connectivity index (χ4v) is 3.44. The molecular weight excluding hydrogens is 363 g/mol. The number of benzene rings is 1. The topological polar surface area (TPSA) is 64.7 Å². The molecule has 0 saturated carbocycles. The lowest BCUT2D eigenvalue weighted by Gasteiger charge is -2.27. The van der Waals surface area contributed by atoms with Crippen LogP contribution < -0.4 is 15.5 Å². The van der Waals surface area contributed by atoms with Crippen LogP contribution in [0.25, 0.3) is 0 Å². The third-order valence-electron chi connectivity index (χ3n) is 4.58. The van der Waals surface area contributed by atoms with E-state index in [1.54, 1.807) is 11.0 Å². The molecule has 0 aliphatic carbocycles. The molecule has 2 aliphatic heterocycles. The van der Waals surface area contributed by atoms with Crippen molar-refractivity contribution in [1.29, 1.82) is 0 Å². The number of halogens is 2.